The van der Waals surface area contributed by atoms with Crippen LogP contribution in [0.25, 0.3) is 0 Å². The van der Waals surface area contributed by atoms with E-state index in [4.69, 9.17) is 4.74 Å². The van der Waals surface area contributed by atoms with Gasteiger partial charge < -0.3 is 21.7 Å². The maximum Gasteiger partial charge on any atom is 2.00 e. The fraction of sp³-hybridized carbons (Fsp3) is 0.125. The molecule has 0 aromatic heterocycles. The molecule has 1 rings (SSSR count). The quantitative estimate of drug-likeness (QED) is 0.437. The Morgan fingerprint density at radius 1 is 1.42 bits per heavy atom. The Hall–Kier alpha value is 0.0662. The van der Waals surface area contributed by atoms with Crippen molar-refractivity contribution in [2.24, 2.45) is 0 Å². The van der Waals surface area contributed by atoms with Crippen molar-refractivity contribution in [2.45, 2.75) is 0 Å². The summed E-state index contributed by atoms with van der Waals surface area (Å²) >= 11 is 0. The number of rotatable bonds is 1. The third-order valence-corrected chi connectivity index (χ3v) is 1.22. The predicted octanol–water partition coefficient (Wildman–Crippen LogP) is -1.36. The summed E-state index contributed by atoms with van der Waals surface area (Å²) < 4.78 is 17.4. The second-order valence-corrected chi connectivity index (χ2v) is 1.97. The van der Waals surface area contributed by atoms with Crippen molar-refractivity contribution >= 4 is 23.1 Å². The van der Waals surface area contributed by atoms with Crippen LogP contribution in [-0.2, 0) is 0 Å². The van der Waals surface area contributed by atoms with Gasteiger partial charge in [0.15, 0.2) is 0 Å². The standard InChI is InChI=1S/C8H8FO.BrH.Mg/c1-6-3-4-8(10-2)7(9)5-6;;/h3-5H,1H2,2H3;1H;/q-1;;+2/p-1. The summed E-state index contributed by atoms with van der Waals surface area (Å²) in [5, 5.41) is 0. The van der Waals surface area contributed by atoms with E-state index in [0.29, 0.717) is 5.56 Å². The molecule has 1 aromatic rings. The third kappa shape index (κ3) is 3.65. The second-order valence-electron chi connectivity index (χ2n) is 1.97. The number of hydrogen-bond donors (Lipinski definition) is 0. The minimum absolute atomic E-state index is 0. The van der Waals surface area contributed by atoms with Crippen LogP contribution in [0.5, 0.6) is 5.75 Å². The van der Waals surface area contributed by atoms with E-state index in [1.54, 1.807) is 12.1 Å². The van der Waals surface area contributed by atoms with Crippen LogP contribution in [0, 0.1) is 12.7 Å². The number of halogens is 2. The van der Waals surface area contributed by atoms with Crippen LogP contribution in [0.15, 0.2) is 18.2 Å². The van der Waals surface area contributed by atoms with E-state index >= 15 is 0 Å². The van der Waals surface area contributed by atoms with Crippen LogP contribution >= 0.6 is 0 Å². The molecule has 0 spiro atoms. The Morgan fingerprint density at radius 3 is 2.42 bits per heavy atom. The Morgan fingerprint density at radius 2 is 2.00 bits per heavy atom. The zero-order valence-electron chi connectivity index (χ0n) is 6.81. The van der Waals surface area contributed by atoms with E-state index in [1.165, 1.54) is 13.2 Å². The molecule has 0 fully saturated rings. The third-order valence-electron chi connectivity index (χ3n) is 1.22. The van der Waals surface area contributed by atoms with E-state index in [2.05, 4.69) is 6.92 Å². The summed E-state index contributed by atoms with van der Waals surface area (Å²) in [6.07, 6.45) is 0. The molecule has 0 saturated carbocycles. The molecule has 0 aliphatic carbocycles. The Balaban J connectivity index is 0. The summed E-state index contributed by atoms with van der Waals surface area (Å²) in [7, 11) is 1.43. The van der Waals surface area contributed by atoms with Crippen molar-refractivity contribution in [3.05, 3.63) is 36.5 Å². The van der Waals surface area contributed by atoms with Crippen LogP contribution in [0.3, 0.4) is 0 Å². The van der Waals surface area contributed by atoms with Crippen molar-refractivity contribution in [3.63, 3.8) is 0 Å². The molecule has 1 nitrogen and oxygen atoms in total. The average Bonchev–Trinajstić information content (AvgIpc) is 1.88. The van der Waals surface area contributed by atoms with Gasteiger partial charge in [-0.2, -0.15) is 18.6 Å². The Bertz CT molecular complexity index is 242. The molecule has 0 aliphatic heterocycles. The normalized spacial score (nSPS) is 7.83. The van der Waals surface area contributed by atoms with Crippen molar-refractivity contribution in [1.29, 1.82) is 0 Å². The van der Waals surface area contributed by atoms with Crippen molar-refractivity contribution in [3.8, 4) is 5.75 Å². The van der Waals surface area contributed by atoms with Crippen molar-refractivity contribution in [1.82, 2.24) is 0 Å². The number of ether oxygens (including phenoxy) is 1. The molecule has 62 valence electrons. The van der Waals surface area contributed by atoms with E-state index in [9.17, 15) is 4.39 Å². The Kier molecular flexibility index (Phi) is 7.98. The first-order valence-corrected chi connectivity index (χ1v) is 2.89. The molecule has 1 aromatic carbocycles. The minimum Gasteiger partial charge on any atom is -1.00 e. The maximum atomic E-state index is 12.7. The second kappa shape index (κ2) is 6.57. The molecule has 4 heteroatoms. The molecule has 0 saturated heterocycles. The molecule has 0 amide bonds. The van der Waals surface area contributed by atoms with Crippen molar-refractivity contribution in [2.75, 3.05) is 7.11 Å². The van der Waals surface area contributed by atoms with Gasteiger partial charge >= 0.3 is 23.1 Å². The van der Waals surface area contributed by atoms with Gasteiger partial charge in [0.05, 0.1) is 7.11 Å². The van der Waals surface area contributed by atoms with Gasteiger partial charge in [0.1, 0.15) is 11.6 Å². The molecule has 0 heterocycles. The average molecular weight is 243 g/mol. The summed E-state index contributed by atoms with van der Waals surface area (Å²) in [6.45, 7) is 3.56. The summed E-state index contributed by atoms with van der Waals surface area (Å²) in [5.41, 5.74) is 0.651. The monoisotopic (exact) mass is 242 g/mol. The van der Waals surface area contributed by atoms with Gasteiger partial charge in [0.25, 0.3) is 0 Å². The van der Waals surface area contributed by atoms with Crippen LogP contribution in [0.1, 0.15) is 5.56 Å². The first-order valence-electron chi connectivity index (χ1n) is 2.89. The minimum atomic E-state index is -0.366. The summed E-state index contributed by atoms with van der Waals surface area (Å²) in [6, 6.07) is 4.58. The van der Waals surface area contributed by atoms with Gasteiger partial charge in [0, 0.05) is 0 Å². The molecule has 0 aliphatic rings. The van der Waals surface area contributed by atoms with Gasteiger partial charge in [-0.15, -0.1) is 6.07 Å². The zero-order valence-corrected chi connectivity index (χ0v) is 9.81. The molecule has 12 heavy (non-hydrogen) atoms. The smallest absolute Gasteiger partial charge is 1.00 e. The van der Waals surface area contributed by atoms with Crippen molar-refractivity contribution < 1.29 is 26.1 Å². The number of methoxy groups -OCH3 is 1. The largest absolute Gasteiger partial charge is 2.00 e. The van der Waals surface area contributed by atoms with Crippen LogP contribution < -0.4 is 21.7 Å². The van der Waals surface area contributed by atoms with E-state index in [-0.39, 0.29) is 51.6 Å². The number of hydrogen-bond acceptors (Lipinski definition) is 1. The van der Waals surface area contributed by atoms with Gasteiger partial charge in [-0.25, -0.2) is 4.39 Å². The predicted molar refractivity (Wildman–Crippen MR) is 43.2 cm³/mol. The van der Waals surface area contributed by atoms with Gasteiger partial charge in [-0.3, -0.25) is 0 Å². The summed E-state index contributed by atoms with van der Waals surface area (Å²) in [5.74, 6) is -0.109. The van der Waals surface area contributed by atoms with E-state index < -0.39 is 0 Å². The van der Waals surface area contributed by atoms with E-state index in [1.807, 2.05) is 0 Å². The molecule has 0 bridgehead atoms. The van der Waals surface area contributed by atoms with Crippen LogP contribution in [0.2, 0.25) is 0 Å². The van der Waals surface area contributed by atoms with Gasteiger partial charge in [-0.05, 0) is 0 Å². The molecule has 0 radical (unpaired) electrons. The molecule has 0 atom stereocenters. The molecule has 0 N–H and O–H groups in total. The topological polar surface area (TPSA) is 9.23 Å². The molecular formula is C8H8BrFMgO. The van der Waals surface area contributed by atoms with Crippen LogP contribution in [0.4, 0.5) is 4.39 Å². The summed E-state index contributed by atoms with van der Waals surface area (Å²) in [4.78, 5) is 0. The van der Waals surface area contributed by atoms with Gasteiger partial charge in [-0.1, -0.05) is 6.07 Å². The fourth-order valence-electron chi connectivity index (χ4n) is 0.710. The fourth-order valence-corrected chi connectivity index (χ4v) is 0.710. The first kappa shape index (κ1) is 14.6. The molecular weight excluding hydrogens is 235 g/mol. The van der Waals surface area contributed by atoms with E-state index in [0.717, 1.165) is 0 Å². The maximum absolute atomic E-state index is 12.7. The zero-order chi connectivity index (χ0) is 7.56. The van der Waals surface area contributed by atoms with Crippen LogP contribution in [-0.4, -0.2) is 30.2 Å². The Labute approximate surface area is 98.2 Å². The first-order chi connectivity index (χ1) is 4.74. The molecule has 0 unspecified atom stereocenters. The van der Waals surface area contributed by atoms with Gasteiger partial charge in [0.2, 0.25) is 0 Å². The number of benzene rings is 1. The SMILES string of the molecule is [Br-].[CH2-]c1ccc(OC)c(F)c1.[Mg+2].